The molecule has 1 aromatic rings. The average molecular weight is 330 g/mol. The second-order valence-electron chi connectivity index (χ2n) is 7.90. The second-order valence-corrected chi connectivity index (χ2v) is 7.90. The highest BCUT2D eigenvalue weighted by Gasteiger charge is 2.55. The second kappa shape index (κ2) is 6.03. The van der Waals surface area contributed by atoms with Gasteiger partial charge in [0.25, 0.3) is 5.91 Å². The third kappa shape index (κ3) is 2.79. The number of nitrogens with one attached hydrogen (secondary N) is 1. The molecule has 2 unspecified atom stereocenters. The van der Waals surface area contributed by atoms with Crippen molar-refractivity contribution in [3.8, 4) is 5.88 Å². The number of nitrogens with zero attached hydrogens (tertiary/aromatic N) is 1. The van der Waals surface area contributed by atoms with Crippen LogP contribution in [-0.4, -0.2) is 34.2 Å². The van der Waals surface area contributed by atoms with Gasteiger partial charge in [-0.25, -0.2) is 4.98 Å². The van der Waals surface area contributed by atoms with Gasteiger partial charge in [0.05, 0.1) is 12.2 Å². The Balaban J connectivity index is 1.49. The van der Waals surface area contributed by atoms with Crippen molar-refractivity contribution in [2.75, 3.05) is 6.61 Å². The van der Waals surface area contributed by atoms with Crippen molar-refractivity contribution in [3.05, 3.63) is 23.9 Å². The van der Waals surface area contributed by atoms with E-state index in [9.17, 15) is 9.90 Å². The van der Waals surface area contributed by atoms with E-state index in [1.165, 1.54) is 0 Å². The third-order valence-corrected chi connectivity index (χ3v) is 6.00. The molecule has 4 aliphatic rings. The number of aromatic nitrogens is 1. The highest BCUT2D eigenvalue weighted by Crippen LogP contribution is 2.55. The quantitative estimate of drug-likeness (QED) is 0.870. The molecule has 5 heteroatoms. The predicted octanol–water partition coefficient (Wildman–Crippen LogP) is 2.54. The van der Waals surface area contributed by atoms with Crippen LogP contribution in [0.25, 0.3) is 0 Å². The molecule has 4 bridgehead atoms. The Hall–Kier alpha value is -1.62. The average Bonchev–Trinajstić information content (AvgIpc) is 2.55. The van der Waals surface area contributed by atoms with Crippen LogP contribution in [0.4, 0.5) is 0 Å². The lowest BCUT2D eigenvalue weighted by molar-refractivity contribution is -0.136. The summed E-state index contributed by atoms with van der Waals surface area (Å²) in [5.41, 5.74) is 0.0417. The van der Waals surface area contributed by atoms with Gasteiger partial charge < -0.3 is 15.2 Å². The summed E-state index contributed by atoms with van der Waals surface area (Å²) in [6.07, 6.45) is 7.42. The standard InChI is InChI=1S/C19H26N2O3/c1-2-6-24-18-15(4-3-5-20-18)17(22)21-16-13-7-12-8-14(16)11-19(23,9-12)10-13/h3-5,12-14,16,23H,2,6-11H2,1H3,(H,21,22). The molecule has 4 saturated carbocycles. The van der Waals surface area contributed by atoms with Gasteiger partial charge in [-0.1, -0.05) is 6.92 Å². The number of carbonyl (C=O) groups excluding carboxylic acids is 1. The number of hydrogen-bond donors (Lipinski definition) is 2. The summed E-state index contributed by atoms with van der Waals surface area (Å²) in [5, 5.41) is 13.9. The number of aliphatic hydroxyl groups is 1. The Morgan fingerprint density at radius 1 is 1.38 bits per heavy atom. The molecular formula is C19H26N2O3. The van der Waals surface area contributed by atoms with E-state index in [-0.39, 0.29) is 11.9 Å². The van der Waals surface area contributed by atoms with Crippen LogP contribution < -0.4 is 10.1 Å². The smallest absolute Gasteiger partial charge is 0.257 e. The van der Waals surface area contributed by atoms with Crippen LogP contribution >= 0.6 is 0 Å². The minimum Gasteiger partial charge on any atom is -0.477 e. The molecule has 4 aliphatic carbocycles. The van der Waals surface area contributed by atoms with Gasteiger partial charge in [0.15, 0.2) is 0 Å². The summed E-state index contributed by atoms with van der Waals surface area (Å²) in [6, 6.07) is 3.72. The summed E-state index contributed by atoms with van der Waals surface area (Å²) >= 11 is 0. The lowest BCUT2D eigenvalue weighted by atomic mass is 9.52. The zero-order valence-corrected chi connectivity index (χ0v) is 14.2. The first-order chi connectivity index (χ1) is 11.6. The van der Waals surface area contributed by atoms with Crippen LogP contribution in [0, 0.1) is 17.8 Å². The van der Waals surface area contributed by atoms with Crippen LogP contribution in [0.2, 0.25) is 0 Å². The molecule has 4 fully saturated rings. The molecule has 5 rings (SSSR count). The van der Waals surface area contributed by atoms with E-state index in [1.54, 1.807) is 18.3 Å². The van der Waals surface area contributed by atoms with Gasteiger partial charge in [-0.3, -0.25) is 4.79 Å². The zero-order valence-electron chi connectivity index (χ0n) is 14.2. The first-order valence-corrected chi connectivity index (χ1v) is 9.19. The summed E-state index contributed by atoms with van der Waals surface area (Å²) < 4.78 is 5.62. The van der Waals surface area contributed by atoms with E-state index in [1.807, 2.05) is 6.92 Å². The first-order valence-electron chi connectivity index (χ1n) is 9.19. The Labute approximate surface area is 142 Å². The Bertz CT molecular complexity index is 617. The topological polar surface area (TPSA) is 71.5 Å². The SMILES string of the molecule is CCCOc1ncccc1C(=O)NC1C2CC3CC1CC(O)(C3)C2. The molecular weight excluding hydrogens is 304 g/mol. The molecule has 1 amide bonds. The third-order valence-electron chi connectivity index (χ3n) is 6.00. The van der Waals surface area contributed by atoms with Gasteiger partial charge in [-0.2, -0.15) is 0 Å². The molecule has 5 nitrogen and oxygen atoms in total. The Kier molecular flexibility index (Phi) is 3.99. The molecule has 0 spiro atoms. The summed E-state index contributed by atoms with van der Waals surface area (Å²) in [7, 11) is 0. The van der Waals surface area contributed by atoms with Gasteiger partial charge in [-0.15, -0.1) is 0 Å². The minimum atomic E-state index is -0.471. The highest BCUT2D eigenvalue weighted by molar-refractivity contribution is 5.96. The molecule has 0 aliphatic heterocycles. The molecule has 0 radical (unpaired) electrons. The van der Waals surface area contributed by atoms with E-state index in [0.29, 0.717) is 35.8 Å². The monoisotopic (exact) mass is 330 g/mol. The van der Waals surface area contributed by atoms with Crippen LogP contribution in [0.15, 0.2) is 18.3 Å². The van der Waals surface area contributed by atoms with Gasteiger partial charge >= 0.3 is 0 Å². The van der Waals surface area contributed by atoms with Crippen LogP contribution in [0.3, 0.4) is 0 Å². The molecule has 2 atom stereocenters. The summed E-state index contributed by atoms with van der Waals surface area (Å²) in [6.45, 7) is 2.59. The molecule has 0 aromatic carbocycles. The fourth-order valence-corrected chi connectivity index (χ4v) is 5.32. The predicted molar refractivity (Wildman–Crippen MR) is 89.8 cm³/mol. The molecule has 2 N–H and O–H groups in total. The van der Waals surface area contributed by atoms with Gasteiger partial charge in [0, 0.05) is 12.2 Å². The van der Waals surface area contributed by atoms with E-state index in [4.69, 9.17) is 4.74 Å². The molecule has 1 aromatic heterocycles. The fourth-order valence-electron chi connectivity index (χ4n) is 5.32. The van der Waals surface area contributed by atoms with Crippen LogP contribution in [0.1, 0.15) is 55.8 Å². The van der Waals surface area contributed by atoms with Crippen molar-refractivity contribution in [1.29, 1.82) is 0 Å². The van der Waals surface area contributed by atoms with Crippen LogP contribution in [0.5, 0.6) is 5.88 Å². The van der Waals surface area contributed by atoms with E-state index >= 15 is 0 Å². The van der Waals surface area contributed by atoms with Crippen LogP contribution in [-0.2, 0) is 0 Å². The molecule has 1 heterocycles. The number of amides is 1. The van der Waals surface area contributed by atoms with Crippen molar-refractivity contribution in [3.63, 3.8) is 0 Å². The minimum absolute atomic E-state index is 0.0985. The lowest BCUT2D eigenvalue weighted by Gasteiger charge is -2.58. The van der Waals surface area contributed by atoms with Gasteiger partial charge in [0.1, 0.15) is 5.56 Å². The summed E-state index contributed by atoms with van der Waals surface area (Å²) in [4.78, 5) is 17.0. The lowest BCUT2D eigenvalue weighted by Crippen LogP contribution is -2.61. The number of rotatable bonds is 5. The van der Waals surface area contributed by atoms with Crippen molar-refractivity contribution in [1.82, 2.24) is 10.3 Å². The van der Waals surface area contributed by atoms with Gasteiger partial charge in [0.2, 0.25) is 5.88 Å². The maximum atomic E-state index is 12.8. The van der Waals surface area contributed by atoms with Crippen molar-refractivity contribution in [2.24, 2.45) is 17.8 Å². The van der Waals surface area contributed by atoms with E-state index in [2.05, 4.69) is 10.3 Å². The maximum Gasteiger partial charge on any atom is 0.257 e. The number of ether oxygens (including phenoxy) is 1. The molecule has 24 heavy (non-hydrogen) atoms. The normalized spacial score (nSPS) is 36.6. The fraction of sp³-hybridized carbons (Fsp3) is 0.684. The zero-order chi connectivity index (χ0) is 16.7. The maximum absolute atomic E-state index is 12.8. The van der Waals surface area contributed by atoms with Crippen molar-refractivity contribution in [2.45, 2.75) is 57.1 Å². The summed E-state index contributed by atoms with van der Waals surface area (Å²) in [5.74, 6) is 1.77. The molecule has 0 saturated heterocycles. The number of pyridine rings is 1. The first kappa shape index (κ1) is 15.9. The highest BCUT2D eigenvalue weighted by atomic mass is 16.5. The number of carbonyl (C=O) groups is 1. The Morgan fingerprint density at radius 2 is 2.12 bits per heavy atom. The largest absolute Gasteiger partial charge is 0.477 e. The molecule has 130 valence electrons. The Morgan fingerprint density at radius 3 is 2.79 bits per heavy atom. The van der Waals surface area contributed by atoms with Crippen molar-refractivity contribution >= 4 is 5.91 Å². The van der Waals surface area contributed by atoms with Gasteiger partial charge in [-0.05, 0) is 68.4 Å². The number of hydrogen-bond acceptors (Lipinski definition) is 4. The van der Waals surface area contributed by atoms with E-state index in [0.717, 1.165) is 38.5 Å². The van der Waals surface area contributed by atoms with Crippen molar-refractivity contribution < 1.29 is 14.6 Å². The van der Waals surface area contributed by atoms with E-state index < -0.39 is 5.60 Å².